The molecule has 4 nitrogen and oxygen atoms in total. The molecule has 2 heterocycles. The third-order valence-corrected chi connectivity index (χ3v) is 4.43. The quantitative estimate of drug-likeness (QED) is 0.847. The second kappa shape index (κ2) is 6.14. The zero-order valence-electron chi connectivity index (χ0n) is 11.5. The monoisotopic (exact) mass is 338 g/mol. The largest absolute Gasteiger partial charge is 0.492 e. The van der Waals surface area contributed by atoms with Crippen molar-refractivity contribution in [2.75, 3.05) is 32.8 Å². The SMILES string of the molecule is O=C1CCCN1CCN1CCOc2ccc(Br)cc2C1. The van der Waals surface area contributed by atoms with Gasteiger partial charge in [0.2, 0.25) is 5.91 Å². The Morgan fingerprint density at radius 2 is 2.15 bits per heavy atom. The highest BCUT2D eigenvalue weighted by molar-refractivity contribution is 9.10. The Bertz CT molecular complexity index is 507. The molecule has 20 heavy (non-hydrogen) atoms. The van der Waals surface area contributed by atoms with Gasteiger partial charge in [-0.15, -0.1) is 0 Å². The molecule has 0 spiro atoms. The van der Waals surface area contributed by atoms with Crippen molar-refractivity contribution >= 4 is 21.8 Å². The predicted molar refractivity (Wildman–Crippen MR) is 80.7 cm³/mol. The van der Waals surface area contributed by atoms with Gasteiger partial charge in [-0.1, -0.05) is 15.9 Å². The number of halogens is 1. The normalized spacial score (nSPS) is 19.6. The van der Waals surface area contributed by atoms with E-state index in [0.29, 0.717) is 12.5 Å². The lowest BCUT2D eigenvalue weighted by Gasteiger charge is -2.23. The van der Waals surface area contributed by atoms with Gasteiger partial charge < -0.3 is 9.64 Å². The number of amides is 1. The lowest BCUT2D eigenvalue weighted by atomic mass is 10.2. The van der Waals surface area contributed by atoms with E-state index in [1.165, 1.54) is 5.56 Å². The molecule has 108 valence electrons. The molecule has 0 bridgehead atoms. The third-order valence-electron chi connectivity index (χ3n) is 3.94. The molecule has 1 aromatic rings. The fraction of sp³-hybridized carbons (Fsp3) is 0.533. The van der Waals surface area contributed by atoms with Crippen LogP contribution in [-0.4, -0.2) is 48.5 Å². The first-order valence-corrected chi connectivity index (χ1v) is 7.93. The predicted octanol–water partition coefficient (Wildman–Crippen LogP) is 2.27. The summed E-state index contributed by atoms with van der Waals surface area (Å²) in [5, 5.41) is 0. The smallest absolute Gasteiger partial charge is 0.222 e. The number of carbonyl (C=O) groups is 1. The van der Waals surface area contributed by atoms with Gasteiger partial charge in [0.1, 0.15) is 12.4 Å². The van der Waals surface area contributed by atoms with Crippen LogP contribution in [0.1, 0.15) is 18.4 Å². The highest BCUT2D eigenvalue weighted by Crippen LogP contribution is 2.26. The minimum Gasteiger partial charge on any atom is -0.492 e. The summed E-state index contributed by atoms with van der Waals surface area (Å²) in [7, 11) is 0. The number of ether oxygens (including phenoxy) is 1. The van der Waals surface area contributed by atoms with Crippen LogP contribution in [0.5, 0.6) is 5.75 Å². The van der Waals surface area contributed by atoms with Crippen LogP contribution in [0.3, 0.4) is 0 Å². The molecule has 0 radical (unpaired) electrons. The van der Waals surface area contributed by atoms with Crippen LogP contribution in [0.2, 0.25) is 0 Å². The molecule has 0 aromatic heterocycles. The summed E-state index contributed by atoms with van der Waals surface area (Å²) in [6.07, 6.45) is 1.73. The molecular formula is C15H19BrN2O2. The van der Waals surface area contributed by atoms with E-state index in [1.807, 2.05) is 17.0 Å². The zero-order valence-corrected chi connectivity index (χ0v) is 13.1. The second-order valence-electron chi connectivity index (χ2n) is 5.36. The van der Waals surface area contributed by atoms with E-state index in [-0.39, 0.29) is 0 Å². The van der Waals surface area contributed by atoms with E-state index in [2.05, 4.69) is 26.9 Å². The number of carbonyl (C=O) groups excluding carboxylic acids is 1. The van der Waals surface area contributed by atoms with Crippen LogP contribution in [-0.2, 0) is 11.3 Å². The summed E-state index contributed by atoms with van der Waals surface area (Å²) in [6, 6.07) is 6.15. The first-order valence-electron chi connectivity index (χ1n) is 7.14. The first-order chi connectivity index (χ1) is 9.72. The Labute approximate surface area is 127 Å². The summed E-state index contributed by atoms with van der Waals surface area (Å²) < 4.78 is 6.86. The van der Waals surface area contributed by atoms with Crippen LogP contribution in [0.4, 0.5) is 0 Å². The maximum absolute atomic E-state index is 11.6. The Hall–Kier alpha value is -1.07. The van der Waals surface area contributed by atoms with Crippen molar-refractivity contribution in [3.63, 3.8) is 0 Å². The molecule has 0 aliphatic carbocycles. The Kier molecular flexibility index (Phi) is 4.27. The standard InChI is InChI=1S/C15H19BrN2O2/c16-13-3-4-14-12(10-13)11-17(8-9-20-14)6-7-18-5-1-2-15(18)19/h3-4,10H,1-2,5-9,11H2. The first kappa shape index (κ1) is 13.9. The van der Waals surface area contributed by atoms with Gasteiger partial charge in [0.15, 0.2) is 0 Å². The summed E-state index contributed by atoms with van der Waals surface area (Å²) in [5.74, 6) is 1.28. The summed E-state index contributed by atoms with van der Waals surface area (Å²) >= 11 is 3.51. The van der Waals surface area contributed by atoms with E-state index in [9.17, 15) is 4.79 Å². The molecule has 1 aromatic carbocycles. The van der Waals surface area contributed by atoms with E-state index in [0.717, 1.165) is 55.8 Å². The van der Waals surface area contributed by atoms with Crippen LogP contribution < -0.4 is 4.74 Å². The maximum Gasteiger partial charge on any atom is 0.222 e. The van der Waals surface area contributed by atoms with Crippen molar-refractivity contribution in [1.29, 1.82) is 0 Å². The highest BCUT2D eigenvalue weighted by atomic mass is 79.9. The molecule has 1 saturated heterocycles. The molecule has 1 fully saturated rings. The van der Waals surface area contributed by atoms with Gasteiger partial charge in [0.25, 0.3) is 0 Å². The summed E-state index contributed by atoms with van der Waals surface area (Å²) in [5.41, 5.74) is 1.21. The number of likely N-dealkylation sites (tertiary alicyclic amines) is 1. The third kappa shape index (κ3) is 3.15. The minimum absolute atomic E-state index is 0.305. The van der Waals surface area contributed by atoms with E-state index in [4.69, 9.17) is 4.74 Å². The molecule has 5 heteroatoms. The molecule has 0 atom stereocenters. The fourth-order valence-electron chi connectivity index (χ4n) is 2.81. The lowest BCUT2D eigenvalue weighted by Crippen LogP contribution is -2.36. The van der Waals surface area contributed by atoms with Crippen LogP contribution >= 0.6 is 15.9 Å². The van der Waals surface area contributed by atoms with Crippen molar-refractivity contribution < 1.29 is 9.53 Å². The molecule has 1 amide bonds. The van der Waals surface area contributed by atoms with Crippen LogP contribution in [0.15, 0.2) is 22.7 Å². The average molecular weight is 339 g/mol. The van der Waals surface area contributed by atoms with Gasteiger partial charge in [-0.2, -0.15) is 0 Å². The topological polar surface area (TPSA) is 32.8 Å². The van der Waals surface area contributed by atoms with Crippen molar-refractivity contribution in [3.8, 4) is 5.75 Å². The van der Waals surface area contributed by atoms with Gasteiger partial charge in [-0.3, -0.25) is 9.69 Å². The minimum atomic E-state index is 0.305. The van der Waals surface area contributed by atoms with Crippen LogP contribution in [0.25, 0.3) is 0 Å². The Balaban J connectivity index is 1.62. The van der Waals surface area contributed by atoms with Crippen LogP contribution in [0, 0.1) is 0 Å². The van der Waals surface area contributed by atoms with E-state index in [1.54, 1.807) is 0 Å². The zero-order chi connectivity index (χ0) is 13.9. The van der Waals surface area contributed by atoms with Crippen molar-refractivity contribution in [3.05, 3.63) is 28.2 Å². The lowest BCUT2D eigenvalue weighted by molar-refractivity contribution is -0.127. The van der Waals surface area contributed by atoms with Gasteiger partial charge >= 0.3 is 0 Å². The number of fused-ring (bicyclic) bond motifs is 1. The number of nitrogens with zero attached hydrogens (tertiary/aromatic N) is 2. The fourth-order valence-corrected chi connectivity index (χ4v) is 3.22. The average Bonchev–Trinajstić information content (AvgIpc) is 2.72. The number of benzene rings is 1. The summed E-state index contributed by atoms with van der Waals surface area (Å²) in [6.45, 7) is 5.18. The van der Waals surface area contributed by atoms with Crippen molar-refractivity contribution in [2.45, 2.75) is 19.4 Å². The van der Waals surface area contributed by atoms with Gasteiger partial charge in [-0.25, -0.2) is 0 Å². The van der Waals surface area contributed by atoms with Crippen molar-refractivity contribution in [1.82, 2.24) is 9.80 Å². The molecular weight excluding hydrogens is 320 g/mol. The van der Waals surface area contributed by atoms with E-state index < -0.39 is 0 Å². The molecule has 0 N–H and O–H groups in total. The van der Waals surface area contributed by atoms with E-state index >= 15 is 0 Å². The van der Waals surface area contributed by atoms with Gasteiger partial charge in [-0.05, 0) is 24.6 Å². The van der Waals surface area contributed by atoms with Crippen molar-refractivity contribution in [2.24, 2.45) is 0 Å². The second-order valence-corrected chi connectivity index (χ2v) is 6.28. The van der Waals surface area contributed by atoms with Gasteiger partial charge in [0.05, 0.1) is 0 Å². The summed E-state index contributed by atoms with van der Waals surface area (Å²) in [4.78, 5) is 16.0. The number of rotatable bonds is 3. The van der Waals surface area contributed by atoms with Gasteiger partial charge in [0, 0.05) is 49.2 Å². The molecule has 0 unspecified atom stereocenters. The highest BCUT2D eigenvalue weighted by Gasteiger charge is 2.21. The maximum atomic E-state index is 11.6. The Morgan fingerprint density at radius 1 is 1.25 bits per heavy atom. The molecule has 3 rings (SSSR count). The Morgan fingerprint density at radius 3 is 2.95 bits per heavy atom. The molecule has 2 aliphatic rings. The number of hydrogen-bond acceptors (Lipinski definition) is 3. The molecule has 2 aliphatic heterocycles. The number of hydrogen-bond donors (Lipinski definition) is 0. The molecule has 0 saturated carbocycles.